The van der Waals surface area contributed by atoms with E-state index in [1.165, 1.54) is 37.4 Å². The summed E-state index contributed by atoms with van der Waals surface area (Å²) >= 11 is 0. The van der Waals surface area contributed by atoms with Crippen molar-refractivity contribution in [2.45, 2.75) is 88.6 Å². The Morgan fingerprint density at radius 1 is 0.862 bits per heavy atom. The molecule has 0 spiro atoms. The van der Waals surface area contributed by atoms with Crippen LogP contribution in [0, 0.1) is 0 Å². The van der Waals surface area contributed by atoms with Gasteiger partial charge < -0.3 is 48.3 Å². The van der Waals surface area contributed by atoms with Crippen LogP contribution in [-0.2, 0) is 63.7 Å². The van der Waals surface area contributed by atoms with Crippen molar-refractivity contribution in [1.29, 1.82) is 0 Å². The number of esters is 5. The number of ether oxygens (including phenoxy) is 8. The van der Waals surface area contributed by atoms with Gasteiger partial charge in [0, 0.05) is 25.7 Å². The van der Waals surface area contributed by atoms with E-state index in [4.69, 9.17) is 37.9 Å². The second-order valence-corrected chi connectivity index (χ2v) is 12.8. The Bertz CT molecular complexity index is 1990. The number of carbonyl (C=O) groups excluding carboxylic acids is 6. The number of methoxy groups -OCH3 is 1. The normalized spacial score (nSPS) is 26.5. The molecule has 5 rings (SSSR count). The fourth-order valence-electron chi connectivity index (χ4n) is 6.16. The molecule has 22 nitrogen and oxygen atoms in total. The van der Waals surface area contributed by atoms with Gasteiger partial charge in [0.25, 0.3) is 0 Å². The molecule has 10 atom stereocenters. The van der Waals surface area contributed by atoms with Gasteiger partial charge in [0.2, 0.25) is 5.91 Å². The molecule has 2 aliphatic rings. The van der Waals surface area contributed by atoms with E-state index in [0.717, 1.165) is 25.6 Å². The maximum atomic E-state index is 13.5. The molecule has 22 heteroatoms. The molecule has 0 aliphatic carbocycles. The van der Waals surface area contributed by atoms with E-state index in [0.29, 0.717) is 0 Å². The molecule has 2 N–H and O–H groups in total. The number of nitrogens with one attached hydrogen (secondary N) is 1. The van der Waals surface area contributed by atoms with Crippen molar-refractivity contribution in [1.82, 2.24) is 20.3 Å². The number of benzene rings is 2. The predicted molar refractivity (Wildman–Crippen MR) is 189 cm³/mol. The zero-order valence-electron chi connectivity index (χ0n) is 31.4. The summed E-state index contributed by atoms with van der Waals surface area (Å²) in [5, 5.41) is 25.8. The number of hydrogen-bond acceptors (Lipinski definition) is 18. The first-order valence-corrected chi connectivity index (χ1v) is 17.5. The van der Waals surface area contributed by atoms with Gasteiger partial charge in [-0.3, -0.25) is 14.4 Å². The lowest BCUT2D eigenvalue weighted by Gasteiger charge is -2.44. The summed E-state index contributed by atoms with van der Waals surface area (Å²) < 4.78 is 45.9. The maximum Gasteiger partial charge on any atom is 0.338 e. The molecular formula is C36H39N7O15. The van der Waals surface area contributed by atoms with Crippen molar-refractivity contribution in [2.75, 3.05) is 13.7 Å². The van der Waals surface area contributed by atoms with Crippen molar-refractivity contribution >= 4 is 35.8 Å². The molecule has 58 heavy (non-hydrogen) atoms. The summed E-state index contributed by atoms with van der Waals surface area (Å²) in [6, 6.07) is 14.2. The number of aliphatic hydroxyl groups excluding tert-OH is 1. The van der Waals surface area contributed by atoms with Crippen LogP contribution in [-0.4, -0.2) is 125 Å². The van der Waals surface area contributed by atoms with Gasteiger partial charge in [0.1, 0.15) is 30.6 Å². The van der Waals surface area contributed by atoms with Crippen LogP contribution in [0.25, 0.3) is 10.4 Å². The summed E-state index contributed by atoms with van der Waals surface area (Å²) in [5.41, 5.74) is 9.47. The summed E-state index contributed by atoms with van der Waals surface area (Å²) in [6.07, 6.45) is -12.8. The van der Waals surface area contributed by atoms with E-state index >= 15 is 0 Å². The van der Waals surface area contributed by atoms with E-state index in [1.807, 2.05) is 0 Å². The molecule has 308 valence electrons. The minimum atomic E-state index is -1.92. The molecule has 2 fully saturated rings. The third-order valence-corrected chi connectivity index (χ3v) is 8.67. The van der Waals surface area contributed by atoms with Crippen molar-refractivity contribution in [3.05, 3.63) is 94.1 Å². The van der Waals surface area contributed by atoms with Gasteiger partial charge in [0.05, 0.1) is 37.1 Å². The van der Waals surface area contributed by atoms with Crippen molar-refractivity contribution < 1.29 is 71.8 Å². The lowest BCUT2D eigenvalue weighted by molar-refractivity contribution is -0.249. The monoisotopic (exact) mass is 809 g/mol. The van der Waals surface area contributed by atoms with E-state index in [1.54, 1.807) is 36.4 Å². The third kappa shape index (κ3) is 10.5. The van der Waals surface area contributed by atoms with Crippen molar-refractivity contribution in [2.24, 2.45) is 5.11 Å². The fourth-order valence-corrected chi connectivity index (χ4v) is 6.16. The molecule has 3 heterocycles. The van der Waals surface area contributed by atoms with Gasteiger partial charge in [-0.1, -0.05) is 46.7 Å². The Hall–Kier alpha value is -6.45. The van der Waals surface area contributed by atoms with Gasteiger partial charge >= 0.3 is 29.8 Å². The van der Waals surface area contributed by atoms with Crippen LogP contribution < -0.4 is 5.32 Å². The van der Waals surface area contributed by atoms with Crippen LogP contribution in [0.3, 0.4) is 0 Å². The number of amides is 1. The number of carbonyl (C=O) groups is 6. The average molecular weight is 810 g/mol. The lowest BCUT2D eigenvalue weighted by atomic mass is 9.95. The topological polar surface area (TPSA) is 288 Å². The summed E-state index contributed by atoms with van der Waals surface area (Å²) in [7, 11) is 1.04. The SMILES string of the molecule is COC(=O)[C@H]1O[C@@H](n2cc(CO[C@@H]3[C@@H](NC(C)=O)[C@H](N=[N+]=[N-])O[C@H](COC(C)=O)[C@@H]3OC(C)=O)nn2)[C@H](OC(=O)c2ccccc2)[C@@H](OC(=O)c2ccccc2)[C@@H]1O. The molecule has 1 aromatic heterocycles. The van der Waals surface area contributed by atoms with Crippen LogP contribution in [0.5, 0.6) is 0 Å². The molecule has 0 radical (unpaired) electrons. The Labute approximate surface area is 329 Å². The van der Waals surface area contributed by atoms with Gasteiger partial charge in [0.15, 0.2) is 36.9 Å². The van der Waals surface area contributed by atoms with Crippen molar-refractivity contribution in [3.8, 4) is 0 Å². The highest BCUT2D eigenvalue weighted by Gasteiger charge is 2.54. The number of nitrogens with zero attached hydrogens (tertiary/aromatic N) is 6. The van der Waals surface area contributed by atoms with E-state index in [9.17, 15) is 39.4 Å². The molecule has 3 aromatic rings. The first-order valence-electron chi connectivity index (χ1n) is 17.5. The molecule has 1 amide bonds. The molecular weight excluding hydrogens is 770 g/mol. The van der Waals surface area contributed by atoms with Crippen LogP contribution in [0.4, 0.5) is 0 Å². The Morgan fingerprint density at radius 2 is 1.48 bits per heavy atom. The maximum absolute atomic E-state index is 13.5. The smallest absolute Gasteiger partial charge is 0.338 e. The first kappa shape index (κ1) is 42.7. The van der Waals surface area contributed by atoms with E-state index < -0.39 is 110 Å². The quantitative estimate of drug-likeness (QED) is 0.0757. The molecule has 2 saturated heterocycles. The zero-order chi connectivity index (χ0) is 41.9. The standard InChI is InChI=1S/C36H39N7O15/c1-18(44)38-25-28(27(54-20(3)46)24(17-52-19(2)45)55-32(25)40-41-37)53-16-23-15-43(42-39-23)33-31(58-35(49)22-13-9-6-10-14-22)29(26(47)30(56-33)36(50)51-4)57-34(48)21-11-7-5-8-12-21/h5-15,24-33,47H,16-17H2,1-4H3,(H,38,44)/t24-,25-,26+,27+,28-,29+,30+,31-,32-,33-/m1/s1. The van der Waals surface area contributed by atoms with Gasteiger partial charge in [-0.2, -0.15) is 0 Å². The summed E-state index contributed by atoms with van der Waals surface area (Å²) in [4.78, 5) is 78.7. The molecule has 0 saturated carbocycles. The van der Waals surface area contributed by atoms with Crippen LogP contribution in [0.2, 0.25) is 0 Å². The first-order chi connectivity index (χ1) is 27.8. The Morgan fingerprint density at radius 3 is 2.03 bits per heavy atom. The number of azide groups is 1. The highest BCUT2D eigenvalue weighted by molar-refractivity contribution is 5.90. The number of hydrogen-bond donors (Lipinski definition) is 2. The highest BCUT2D eigenvalue weighted by Crippen LogP contribution is 2.34. The second kappa shape index (κ2) is 19.6. The van der Waals surface area contributed by atoms with Crippen LogP contribution in [0.15, 0.2) is 72.0 Å². The second-order valence-electron chi connectivity index (χ2n) is 12.8. The van der Waals surface area contributed by atoms with Crippen molar-refractivity contribution in [3.63, 3.8) is 0 Å². The largest absolute Gasteiger partial charge is 0.467 e. The third-order valence-electron chi connectivity index (χ3n) is 8.67. The highest BCUT2D eigenvalue weighted by atomic mass is 16.6. The Balaban J connectivity index is 1.50. The van der Waals surface area contributed by atoms with Crippen LogP contribution >= 0.6 is 0 Å². The van der Waals surface area contributed by atoms with E-state index in [-0.39, 0.29) is 16.8 Å². The number of rotatable bonds is 14. The fraction of sp³-hybridized carbons (Fsp3) is 0.444. The minimum absolute atomic E-state index is 0.0295. The predicted octanol–water partition coefficient (Wildman–Crippen LogP) is 1.08. The van der Waals surface area contributed by atoms with Gasteiger partial charge in [-0.15, -0.1) is 5.10 Å². The number of aromatic nitrogens is 3. The number of aliphatic hydroxyl groups is 1. The lowest BCUT2D eigenvalue weighted by Crippen LogP contribution is -2.65. The Kier molecular flexibility index (Phi) is 14.4. The zero-order valence-corrected chi connectivity index (χ0v) is 31.4. The average Bonchev–Trinajstić information content (AvgIpc) is 3.68. The van der Waals surface area contributed by atoms with Gasteiger partial charge in [-0.05, 0) is 29.8 Å². The minimum Gasteiger partial charge on any atom is -0.467 e. The molecule has 0 bridgehead atoms. The summed E-state index contributed by atoms with van der Waals surface area (Å²) in [6.45, 7) is 2.50. The summed E-state index contributed by atoms with van der Waals surface area (Å²) in [5.74, 6) is -4.99. The molecule has 0 unspecified atom stereocenters. The van der Waals surface area contributed by atoms with Crippen LogP contribution in [0.1, 0.15) is 53.4 Å². The molecule has 2 aromatic carbocycles. The van der Waals surface area contributed by atoms with Gasteiger partial charge in [-0.25, -0.2) is 19.1 Å². The molecule has 2 aliphatic heterocycles. The van der Waals surface area contributed by atoms with E-state index in [2.05, 4.69) is 25.7 Å².